The molecule has 7 heteroatoms. The molecule has 0 fully saturated rings. The van der Waals surface area contributed by atoms with E-state index < -0.39 is 0 Å². The molecule has 1 unspecified atom stereocenters. The molecule has 0 heterocycles. The summed E-state index contributed by atoms with van der Waals surface area (Å²) in [6.45, 7) is 1.82. The lowest BCUT2D eigenvalue weighted by molar-refractivity contribution is -0.115. The van der Waals surface area contributed by atoms with E-state index in [0.717, 1.165) is 15.7 Å². The van der Waals surface area contributed by atoms with E-state index in [4.69, 9.17) is 16.3 Å². The Balaban J connectivity index is 1.39. The number of carbonyl (C=O) groups is 2. The third-order valence-corrected chi connectivity index (χ3v) is 6.59. The van der Waals surface area contributed by atoms with Crippen LogP contribution in [0.25, 0.3) is 10.8 Å². The Morgan fingerprint density at radius 2 is 1.62 bits per heavy atom. The van der Waals surface area contributed by atoms with Crippen LogP contribution in [0.15, 0.2) is 89.8 Å². The molecule has 34 heavy (non-hydrogen) atoms. The number of methoxy groups -OCH3 is 1. The maximum absolute atomic E-state index is 12.8. The first kappa shape index (κ1) is 23.7. The molecule has 2 N–H and O–H groups in total. The molecule has 0 radical (unpaired) electrons. The second-order valence-corrected chi connectivity index (χ2v) is 9.46. The van der Waals surface area contributed by atoms with Gasteiger partial charge in [0.1, 0.15) is 5.75 Å². The van der Waals surface area contributed by atoms with E-state index in [1.54, 1.807) is 18.2 Å². The van der Waals surface area contributed by atoms with Gasteiger partial charge in [-0.2, -0.15) is 0 Å². The number of nitrogens with one attached hydrogen (secondary N) is 2. The molecular weight excluding hydrogens is 468 g/mol. The van der Waals surface area contributed by atoms with Gasteiger partial charge in [0.2, 0.25) is 5.91 Å². The summed E-state index contributed by atoms with van der Waals surface area (Å²) >= 11 is 7.54. The van der Waals surface area contributed by atoms with Crippen LogP contribution in [0, 0.1) is 0 Å². The summed E-state index contributed by atoms with van der Waals surface area (Å²) in [5.74, 6) is 0.205. The van der Waals surface area contributed by atoms with Gasteiger partial charge in [0.05, 0.1) is 17.4 Å². The lowest BCUT2D eigenvalue weighted by atomic mass is 10.1. The van der Waals surface area contributed by atoms with E-state index in [1.807, 2.05) is 73.7 Å². The molecule has 4 aromatic rings. The minimum absolute atomic E-state index is 0.156. The van der Waals surface area contributed by atoms with E-state index >= 15 is 0 Å². The van der Waals surface area contributed by atoms with Crippen LogP contribution in [0.3, 0.4) is 0 Å². The second-order valence-electron chi connectivity index (χ2n) is 7.64. The van der Waals surface area contributed by atoms with Gasteiger partial charge in [0.25, 0.3) is 5.91 Å². The van der Waals surface area contributed by atoms with Crippen LogP contribution in [0.4, 0.5) is 11.4 Å². The molecule has 2 amide bonds. The molecule has 0 aliphatic rings. The number of carbonyl (C=O) groups excluding carboxylic acids is 2. The smallest absolute Gasteiger partial charge is 0.255 e. The molecule has 0 saturated carbocycles. The van der Waals surface area contributed by atoms with Crippen LogP contribution in [0.2, 0.25) is 5.02 Å². The Kier molecular flexibility index (Phi) is 7.40. The monoisotopic (exact) mass is 490 g/mol. The van der Waals surface area contributed by atoms with Gasteiger partial charge in [-0.3, -0.25) is 9.59 Å². The Hall–Kier alpha value is -3.48. The van der Waals surface area contributed by atoms with E-state index in [0.29, 0.717) is 27.7 Å². The van der Waals surface area contributed by atoms with Crippen LogP contribution >= 0.6 is 23.4 Å². The van der Waals surface area contributed by atoms with Crippen molar-refractivity contribution in [3.05, 3.63) is 95.5 Å². The number of anilines is 2. The van der Waals surface area contributed by atoms with E-state index in [-0.39, 0.29) is 17.1 Å². The highest BCUT2D eigenvalue weighted by atomic mass is 35.5. The standard InChI is InChI=1S/C27H23ClN2O3S/c1-17(26(31)29-22-12-13-25(33-2)24(28)16-22)34-23-9-5-8-21(15-23)30-27(32)20-11-10-18-6-3-4-7-19(18)14-20/h3-17H,1-2H3,(H,29,31)(H,30,32). The zero-order valence-corrected chi connectivity index (χ0v) is 20.2. The van der Waals surface area contributed by atoms with Gasteiger partial charge in [-0.05, 0) is 66.2 Å². The quantitative estimate of drug-likeness (QED) is 0.277. The van der Waals surface area contributed by atoms with Crippen molar-refractivity contribution < 1.29 is 14.3 Å². The third kappa shape index (κ3) is 5.71. The molecule has 0 saturated heterocycles. The number of ether oxygens (including phenoxy) is 1. The first-order valence-electron chi connectivity index (χ1n) is 10.6. The van der Waals surface area contributed by atoms with Gasteiger partial charge in [0, 0.05) is 21.8 Å². The van der Waals surface area contributed by atoms with E-state index in [1.165, 1.54) is 18.9 Å². The summed E-state index contributed by atoms with van der Waals surface area (Å²) in [4.78, 5) is 26.3. The zero-order valence-electron chi connectivity index (χ0n) is 18.7. The highest BCUT2D eigenvalue weighted by Crippen LogP contribution is 2.29. The predicted octanol–water partition coefficient (Wildman–Crippen LogP) is 6.87. The maximum atomic E-state index is 12.8. The Morgan fingerprint density at radius 1 is 0.853 bits per heavy atom. The molecule has 4 aromatic carbocycles. The normalized spacial score (nSPS) is 11.6. The van der Waals surface area contributed by atoms with Gasteiger partial charge >= 0.3 is 0 Å². The van der Waals surface area contributed by atoms with Gasteiger partial charge in [0.15, 0.2) is 0 Å². The molecule has 0 aromatic heterocycles. The summed E-state index contributed by atoms with van der Waals surface area (Å²) in [5.41, 5.74) is 1.85. The van der Waals surface area contributed by atoms with Crippen molar-refractivity contribution in [2.24, 2.45) is 0 Å². The maximum Gasteiger partial charge on any atom is 0.255 e. The highest BCUT2D eigenvalue weighted by Gasteiger charge is 2.16. The summed E-state index contributed by atoms with van der Waals surface area (Å²) in [5, 5.41) is 7.97. The largest absolute Gasteiger partial charge is 0.495 e. The molecular formula is C27H23ClN2O3S. The average molecular weight is 491 g/mol. The first-order chi connectivity index (χ1) is 16.4. The van der Waals surface area contributed by atoms with Gasteiger partial charge in [-0.25, -0.2) is 0 Å². The van der Waals surface area contributed by atoms with Gasteiger partial charge in [-0.1, -0.05) is 48.0 Å². The molecule has 5 nitrogen and oxygen atoms in total. The third-order valence-electron chi connectivity index (χ3n) is 5.20. The van der Waals surface area contributed by atoms with Crippen molar-refractivity contribution in [1.82, 2.24) is 0 Å². The van der Waals surface area contributed by atoms with Crippen molar-refractivity contribution >= 4 is 57.3 Å². The molecule has 1 atom stereocenters. The second kappa shape index (κ2) is 10.6. The number of fused-ring (bicyclic) bond motifs is 1. The van der Waals surface area contributed by atoms with E-state index in [9.17, 15) is 9.59 Å². The number of hydrogen-bond donors (Lipinski definition) is 2. The Labute approximate surface area is 207 Å². The number of rotatable bonds is 7. The SMILES string of the molecule is COc1ccc(NC(=O)C(C)Sc2cccc(NC(=O)c3ccc4ccccc4c3)c2)cc1Cl. The summed E-state index contributed by atoms with van der Waals surface area (Å²) in [7, 11) is 1.54. The minimum atomic E-state index is -0.368. The lowest BCUT2D eigenvalue weighted by Crippen LogP contribution is -2.22. The highest BCUT2D eigenvalue weighted by molar-refractivity contribution is 8.00. The zero-order chi connectivity index (χ0) is 24.1. The molecule has 0 spiro atoms. The van der Waals surface area contributed by atoms with Gasteiger partial charge < -0.3 is 15.4 Å². The summed E-state index contributed by atoms with van der Waals surface area (Å²) in [6, 6.07) is 26.1. The van der Waals surface area contributed by atoms with Crippen LogP contribution in [-0.4, -0.2) is 24.2 Å². The van der Waals surface area contributed by atoms with Crippen molar-refractivity contribution in [2.75, 3.05) is 17.7 Å². The number of hydrogen-bond acceptors (Lipinski definition) is 4. The van der Waals surface area contributed by atoms with Crippen molar-refractivity contribution in [1.29, 1.82) is 0 Å². The molecule has 172 valence electrons. The number of benzene rings is 4. The fraction of sp³-hybridized carbons (Fsp3) is 0.111. The van der Waals surface area contributed by atoms with Crippen molar-refractivity contribution in [3.8, 4) is 5.75 Å². The first-order valence-corrected chi connectivity index (χ1v) is 11.9. The predicted molar refractivity (Wildman–Crippen MR) is 140 cm³/mol. The lowest BCUT2D eigenvalue weighted by Gasteiger charge is -2.14. The summed E-state index contributed by atoms with van der Waals surface area (Å²) in [6.07, 6.45) is 0. The van der Waals surface area contributed by atoms with E-state index in [2.05, 4.69) is 10.6 Å². The number of amides is 2. The van der Waals surface area contributed by atoms with Crippen molar-refractivity contribution in [3.63, 3.8) is 0 Å². The molecule has 4 rings (SSSR count). The summed E-state index contributed by atoms with van der Waals surface area (Å²) < 4.78 is 5.14. The molecule has 0 bridgehead atoms. The van der Waals surface area contributed by atoms with Crippen LogP contribution in [-0.2, 0) is 4.79 Å². The topological polar surface area (TPSA) is 67.4 Å². The fourth-order valence-electron chi connectivity index (χ4n) is 3.43. The van der Waals surface area contributed by atoms with Crippen LogP contribution < -0.4 is 15.4 Å². The minimum Gasteiger partial charge on any atom is -0.495 e. The number of thioether (sulfide) groups is 1. The molecule has 0 aliphatic heterocycles. The number of halogens is 1. The average Bonchev–Trinajstić information content (AvgIpc) is 2.84. The van der Waals surface area contributed by atoms with Crippen LogP contribution in [0.1, 0.15) is 17.3 Å². The van der Waals surface area contributed by atoms with Crippen LogP contribution in [0.5, 0.6) is 5.75 Å². The Bertz CT molecular complexity index is 1360. The Morgan fingerprint density at radius 3 is 2.38 bits per heavy atom. The fourth-order valence-corrected chi connectivity index (χ4v) is 4.61. The molecule has 0 aliphatic carbocycles. The van der Waals surface area contributed by atoms with Gasteiger partial charge in [-0.15, -0.1) is 11.8 Å². The van der Waals surface area contributed by atoms with Crippen molar-refractivity contribution in [2.45, 2.75) is 17.1 Å².